The van der Waals surface area contributed by atoms with Crippen LogP contribution in [-0.4, -0.2) is 16.1 Å². The van der Waals surface area contributed by atoms with Crippen LogP contribution in [0.25, 0.3) is 0 Å². The van der Waals surface area contributed by atoms with Crippen molar-refractivity contribution in [2.45, 2.75) is 6.92 Å². The van der Waals surface area contributed by atoms with Crippen molar-refractivity contribution >= 4 is 23.5 Å². The van der Waals surface area contributed by atoms with Gasteiger partial charge in [-0.05, 0) is 19.2 Å². The highest BCUT2D eigenvalue weighted by Gasteiger charge is 2.15. The third-order valence-corrected chi connectivity index (χ3v) is 1.79. The lowest BCUT2D eigenvalue weighted by atomic mass is 10.2. The number of nitrogens with zero attached hydrogens (tertiary/aromatic N) is 3. The van der Waals surface area contributed by atoms with E-state index in [9.17, 15) is 10.1 Å². The SMILES string of the molecule is Cc1cc([N+](=O)[O-])c(N)nc1N=CC=CN. The van der Waals surface area contributed by atoms with E-state index in [2.05, 4.69) is 9.98 Å². The minimum Gasteiger partial charge on any atom is -0.405 e. The van der Waals surface area contributed by atoms with Crippen LogP contribution in [0.15, 0.2) is 23.3 Å². The minimum absolute atomic E-state index is 0.153. The van der Waals surface area contributed by atoms with Crippen molar-refractivity contribution in [3.05, 3.63) is 34.0 Å². The summed E-state index contributed by atoms with van der Waals surface area (Å²) in [5.74, 6) is 0.181. The monoisotopic (exact) mass is 221 g/mol. The smallest absolute Gasteiger partial charge is 0.311 e. The van der Waals surface area contributed by atoms with Crippen LogP contribution in [0.3, 0.4) is 0 Å². The highest BCUT2D eigenvalue weighted by atomic mass is 16.6. The third kappa shape index (κ3) is 2.53. The number of nitrogens with two attached hydrogens (primary N) is 2. The maximum absolute atomic E-state index is 10.6. The highest BCUT2D eigenvalue weighted by molar-refractivity contribution is 5.74. The van der Waals surface area contributed by atoms with Gasteiger partial charge in [-0.3, -0.25) is 10.1 Å². The van der Waals surface area contributed by atoms with Crippen molar-refractivity contribution < 1.29 is 4.92 Å². The third-order valence-electron chi connectivity index (χ3n) is 1.79. The molecule has 0 saturated heterocycles. The number of aryl methyl sites for hydroxylation is 1. The average Bonchev–Trinajstić information content (AvgIpc) is 2.22. The first-order valence-electron chi connectivity index (χ1n) is 4.38. The lowest BCUT2D eigenvalue weighted by molar-refractivity contribution is -0.384. The molecule has 0 amide bonds. The lowest BCUT2D eigenvalue weighted by Crippen LogP contribution is -1.99. The van der Waals surface area contributed by atoms with E-state index < -0.39 is 4.92 Å². The van der Waals surface area contributed by atoms with Gasteiger partial charge in [-0.15, -0.1) is 0 Å². The molecule has 0 spiro atoms. The van der Waals surface area contributed by atoms with Crippen LogP contribution in [0.2, 0.25) is 0 Å². The molecule has 0 aliphatic heterocycles. The first kappa shape index (κ1) is 11.6. The molecule has 0 aliphatic carbocycles. The summed E-state index contributed by atoms with van der Waals surface area (Å²) in [4.78, 5) is 17.8. The molecular formula is C9H11N5O2. The van der Waals surface area contributed by atoms with E-state index in [1.54, 1.807) is 6.92 Å². The molecule has 84 valence electrons. The van der Waals surface area contributed by atoms with Gasteiger partial charge in [-0.1, -0.05) is 0 Å². The molecule has 0 radical (unpaired) electrons. The van der Waals surface area contributed by atoms with Gasteiger partial charge in [0.1, 0.15) is 0 Å². The van der Waals surface area contributed by atoms with Crippen LogP contribution >= 0.6 is 0 Å². The molecular weight excluding hydrogens is 210 g/mol. The number of nitro groups is 1. The summed E-state index contributed by atoms with van der Waals surface area (Å²) >= 11 is 0. The second-order valence-electron chi connectivity index (χ2n) is 2.95. The zero-order valence-electron chi connectivity index (χ0n) is 8.62. The highest BCUT2D eigenvalue weighted by Crippen LogP contribution is 2.26. The number of aromatic nitrogens is 1. The summed E-state index contributed by atoms with van der Waals surface area (Å²) in [7, 11) is 0. The first-order valence-corrected chi connectivity index (χ1v) is 4.38. The normalized spacial score (nSPS) is 11.3. The molecule has 0 bridgehead atoms. The summed E-state index contributed by atoms with van der Waals surface area (Å²) in [6.07, 6.45) is 4.26. The molecule has 7 nitrogen and oxygen atoms in total. The Morgan fingerprint density at radius 1 is 1.62 bits per heavy atom. The predicted octanol–water partition coefficient (Wildman–Crippen LogP) is 1.06. The number of allylic oxidation sites excluding steroid dienone is 1. The van der Waals surface area contributed by atoms with Crippen LogP contribution in [0.5, 0.6) is 0 Å². The number of hydrogen-bond acceptors (Lipinski definition) is 6. The van der Waals surface area contributed by atoms with E-state index in [1.165, 1.54) is 24.6 Å². The van der Waals surface area contributed by atoms with Crippen molar-refractivity contribution in [2.24, 2.45) is 10.7 Å². The second kappa shape index (κ2) is 4.87. The molecule has 1 rings (SSSR count). The fraction of sp³-hybridized carbons (Fsp3) is 0.111. The second-order valence-corrected chi connectivity index (χ2v) is 2.95. The van der Waals surface area contributed by atoms with E-state index in [4.69, 9.17) is 11.5 Å². The molecule has 16 heavy (non-hydrogen) atoms. The zero-order valence-corrected chi connectivity index (χ0v) is 8.62. The van der Waals surface area contributed by atoms with Crippen LogP contribution < -0.4 is 11.5 Å². The maximum Gasteiger partial charge on any atom is 0.311 e. The number of rotatable bonds is 3. The Kier molecular flexibility index (Phi) is 3.54. The Balaban J connectivity index is 3.15. The lowest BCUT2D eigenvalue weighted by Gasteiger charge is -2.01. The van der Waals surface area contributed by atoms with Gasteiger partial charge in [0.05, 0.1) is 4.92 Å². The molecule has 0 atom stereocenters. The van der Waals surface area contributed by atoms with E-state index in [-0.39, 0.29) is 11.5 Å². The number of pyridine rings is 1. The molecule has 0 saturated carbocycles. The van der Waals surface area contributed by atoms with Crippen LogP contribution in [0.1, 0.15) is 5.56 Å². The van der Waals surface area contributed by atoms with Gasteiger partial charge < -0.3 is 11.5 Å². The Labute approximate surface area is 91.6 Å². The quantitative estimate of drug-likeness (QED) is 0.449. The van der Waals surface area contributed by atoms with Crippen molar-refractivity contribution in [1.82, 2.24) is 4.98 Å². The van der Waals surface area contributed by atoms with E-state index in [0.717, 1.165) is 0 Å². The average molecular weight is 221 g/mol. The van der Waals surface area contributed by atoms with E-state index >= 15 is 0 Å². The maximum atomic E-state index is 10.6. The Hall–Kier alpha value is -2.44. The Bertz CT molecular complexity index is 467. The van der Waals surface area contributed by atoms with Crippen molar-refractivity contribution in [3.63, 3.8) is 0 Å². The minimum atomic E-state index is -0.581. The summed E-state index contributed by atoms with van der Waals surface area (Å²) in [6.45, 7) is 1.66. The molecule has 1 aromatic rings. The number of anilines is 1. The summed E-state index contributed by atoms with van der Waals surface area (Å²) in [6, 6.07) is 1.33. The molecule has 1 aromatic heterocycles. The van der Waals surface area contributed by atoms with Gasteiger partial charge in [0, 0.05) is 17.8 Å². The van der Waals surface area contributed by atoms with Crippen LogP contribution in [0.4, 0.5) is 17.3 Å². The molecule has 4 N–H and O–H groups in total. The van der Waals surface area contributed by atoms with Gasteiger partial charge in [0.2, 0.25) is 5.82 Å². The first-order chi connectivity index (χ1) is 7.56. The van der Waals surface area contributed by atoms with Gasteiger partial charge in [0.25, 0.3) is 0 Å². The molecule has 1 heterocycles. The molecule has 0 aliphatic rings. The fourth-order valence-electron chi connectivity index (χ4n) is 1.04. The molecule has 0 fully saturated rings. The summed E-state index contributed by atoms with van der Waals surface area (Å²) in [5.41, 5.74) is 10.9. The molecule has 0 aromatic carbocycles. The van der Waals surface area contributed by atoms with Crippen LogP contribution in [0, 0.1) is 17.0 Å². The Morgan fingerprint density at radius 2 is 2.31 bits per heavy atom. The van der Waals surface area contributed by atoms with Gasteiger partial charge in [0.15, 0.2) is 5.82 Å². The van der Waals surface area contributed by atoms with Crippen molar-refractivity contribution in [3.8, 4) is 0 Å². The number of nitrogen functional groups attached to an aromatic ring is 1. The molecule has 7 heteroatoms. The number of hydrogen-bond donors (Lipinski definition) is 2. The summed E-state index contributed by atoms with van der Waals surface area (Å²) < 4.78 is 0. The van der Waals surface area contributed by atoms with Gasteiger partial charge >= 0.3 is 5.69 Å². The van der Waals surface area contributed by atoms with Crippen molar-refractivity contribution in [2.75, 3.05) is 5.73 Å². The van der Waals surface area contributed by atoms with Crippen molar-refractivity contribution in [1.29, 1.82) is 0 Å². The largest absolute Gasteiger partial charge is 0.405 e. The standard InChI is InChI=1S/C9H11N5O2/c1-6-5-7(14(15)16)8(11)13-9(6)12-4-2-3-10/h2-5H,10H2,1H3,(H2,11,13). The summed E-state index contributed by atoms with van der Waals surface area (Å²) in [5, 5.41) is 10.6. The van der Waals surface area contributed by atoms with E-state index in [0.29, 0.717) is 11.4 Å². The fourth-order valence-corrected chi connectivity index (χ4v) is 1.04. The number of aliphatic imine (C=N–C) groups is 1. The van der Waals surface area contributed by atoms with E-state index in [1.807, 2.05) is 0 Å². The van der Waals surface area contributed by atoms with Crippen LogP contribution in [-0.2, 0) is 0 Å². The zero-order chi connectivity index (χ0) is 12.1. The molecule has 0 unspecified atom stereocenters. The Morgan fingerprint density at radius 3 is 2.88 bits per heavy atom. The van der Waals surface area contributed by atoms with Gasteiger partial charge in [-0.2, -0.15) is 0 Å². The van der Waals surface area contributed by atoms with Gasteiger partial charge in [-0.25, -0.2) is 9.98 Å². The topological polar surface area (TPSA) is 120 Å². The predicted molar refractivity (Wildman–Crippen MR) is 61.5 cm³/mol.